The van der Waals surface area contributed by atoms with Gasteiger partial charge in [0, 0.05) is 5.69 Å². The molecular weight excluding hydrogens is 326 g/mol. The van der Waals surface area contributed by atoms with Crippen LogP contribution in [0.2, 0.25) is 0 Å². The lowest BCUT2D eigenvalue weighted by molar-refractivity contribution is 0.462. The summed E-state index contributed by atoms with van der Waals surface area (Å²) >= 11 is 0. The van der Waals surface area contributed by atoms with E-state index in [0.29, 0.717) is 5.92 Å². The van der Waals surface area contributed by atoms with Crippen molar-refractivity contribution < 1.29 is 0 Å². The van der Waals surface area contributed by atoms with Crippen molar-refractivity contribution >= 4 is 16.8 Å². The molecule has 0 unspecified atom stereocenters. The molecule has 3 aromatic rings. The number of nitrogens with one attached hydrogen (secondary N) is 1. The van der Waals surface area contributed by atoms with E-state index in [1.807, 2.05) is 0 Å². The molecule has 0 saturated heterocycles. The van der Waals surface area contributed by atoms with Crippen molar-refractivity contribution in [3.63, 3.8) is 0 Å². The summed E-state index contributed by atoms with van der Waals surface area (Å²) in [6.45, 7) is 0. The standard InChI is InChI=1S/C26H25N/c1-4-11-20(12-5-1)24-19-22-15-10-18-26(22,27-23-16-8-3-9-17-23)25(24)21-13-6-2-7-14-21/h1-9,11-14,16-17,22,27H,10,15,18-19H2/t22-,26+/m1/s1. The number of para-hydroxylation sites is 1. The predicted molar refractivity (Wildman–Crippen MR) is 114 cm³/mol. The Balaban J connectivity index is 1.70. The number of hydrogen-bond donors (Lipinski definition) is 1. The van der Waals surface area contributed by atoms with Gasteiger partial charge in [-0.05, 0) is 59.6 Å². The maximum atomic E-state index is 4.01. The molecule has 1 saturated carbocycles. The zero-order valence-electron chi connectivity index (χ0n) is 15.6. The van der Waals surface area contributed by atoms with Gasteiger partial charge < -0.3 is 5.32 Å². The molecule has 0 bridgehead atoms. The van der Waals surface area contributed by atoms with Crippen molar-refractivity contribution in [3.8, 4) is 0 Å². The number of fused-ring (bicyclic) bond motifs is 1. The third-order valence-corrected chi connectivity index (χ3v) is 6.34. The smallest absolute Gasteiger partial charge is 0.0665 e. The largest absolute Gasteiger partial charge is 0.375 e. The summed E-state index contributed by atoms with van der Waals surface area (Å²) in [6.07, 6.45) is 4.95. The average Bonchev–Trinajstić information content (AvgIpc) is 3.25. The van der Waals surface area contributed by atoms with Crippen molar-refractivity contribution in [1.82, 2.24) is 0 Å². The summed E-state index contributed by atoms with van der Waals surface area (Å²) in [5.41, 5.74) is 7.04. The van der Waals surface area contributed by atoms with Gasteiger partial charge in [-0.3, -0.25) is 0 Å². The number of rotatable bonds is 4. The Kier molecular flexibility index (Phi) is 4.09. The number of anilines is 1. The first-order valence-corrected chi connectivity index (χ1v) is 10.0. The molecular formula is C26H25N. The molecule has 0 radical (unpaired) electrons. The Labute approximate surface area is 161 Å². The first kappa shape index (κ1) is 16.4. The summed E-state index contributed by atoms with van der Waals surface area (Å²) in [7, 11) is 0. The highest BCUT2D eigenvalue weighted by Crippen LogP contribution is 2.58. The van der Waals surface area contributed by atoms with E-state index in [4.69, 9.17) is 0 Å². The van der Waals surface area contributed by atoms with E-state index >= 15 is 0 Å². The predicted octanol–water partition coefficient (Wildman–Crippen LogP) is 6.65. The van der Waals surface area contributed by atoms with Crippen LogP contribution in [0.3, 0.4) is 0 Å². The molecule has 2 aliphatic rings. The fourth-order valence-corrected chi connectivity index (χ4v) is 5.25. The van der Waals surface area contributed by atoms with E-state index in [-0.39, 0.29) is 5.54 Å². The van der Waals surface area contributed by atoms with Gasteiger partial charge in [-0.1, -0.05) is 85.3 Å². The molecule has 0 aliphatic heterocycles. The molecule has 3 aromatic carbocycles. The topological polar surface area (TPSA) is 12.0 Å². The number of allylic oxidation sites excluding steroid dienone is 1. The minimum absolute atomic E-state index is 0.0356. The minimum atomic E-state index is 0.0356. The van der Waals surface area contributed by atoms with Gasteiger partial charge in [-0.2, -0.15) is 0 Å². The van der Waals surface area contributed by atoms with Crippen molar-refractivity contribution in [2.75, 3.05) is 5.32 Å². The molecule has 27 heavy (non-hydrogen) atoms. The lowest BCUT2D eigenvalue weighted by Gasteiger charge is -2.36. The van der Waals surface area contributed by atoms with E-state index in [1.54, 1.807) is 0 Å². The van der Waals surface area contributed by atoms with Crippen molar-refractivity contribution in [1.29, 1.82) is 0 Å². The highest BCUT2D eigenvalue weighted by atomic mass is 15.0. The quantitative estimate of drug-likeness (QED) is 0.555. The van der Waals surface area contributed by atoms with Crippen LogP contribution in [0.4, 0.5) is 5.69 Å². The number of hydrogen-bond acceptors (Lipinski definition) is 1. The SMILES string of the molecule is c1ccc(N[C@@]23CCC[C@@H]2CC(c2ccccc2)=C3c2ccccc2)cc1. The zero-order chi connectivity index (χ0) is 18.1. The summed E-state index contributed by atoms with van der Waals surface area (Å²) in [5, 5.41) is 4.01. The van der Waals surface area contributed by atoms with Crippen LogP contribution in [0.1, 0.15) is 36.8 Å². The van der Waals surface area contributed by atoms with Crippen LogP contribution in [0, 0.1) is 5.92 Å². The van der Waals surface area contributed by atoms with Crippen LogP contribution in [-0.2, 0) is 0 Å². The molecule has 2 aliphatic carbocycles. The zero-order valence-corrected chi connectivity index (χ0v) is 15.6. The molecule has 0 spiro atoms. The molecule has 0 amide bonds. The highest BCUT2D eigenvalue weighted by Gasteiger charge is 2.51. The molecule has 2 atom stereocenters. The Morgan fingerprint density at radius 3 is 1.96 bits per heavy atom. The molecule has 1 N–H and O–H groups in total. The highest BCUT2D eigenvalue weighted by molar-refractivity contribution is 5.99. The molecule has 0 aromatic heterocycles. The van der Waals surface area contributed by atoms with E-state index in [0.717, 1.165) is 6.42 Å². The van der Waals surface area contributed by atoms with E-state index in [2.05, 4.69) is 96.3 Å². The monoisotopic (exact) mass is 351 g/mol. The fraction of sp³-hybridized carbons (Fsp3) is 0.231. The van der Waals surface area contributed by atoms with Gasteiger partial charge in [-0.25, -0.2) is 0 Å². The summed E-state index contributed by atoms with van der Waals surface area (Å²) in [5.74, 6) is 0.656. The minimum Gasteiger partial charge on any atom is -0.375 e. The van der Waals surface area contributed by atoms with Crippen LogP contribution < -0.4 is 5.32 Å². The van der Waals surface area contributed by atoms with Crippen molar-refractivity contribution in [3.05, 3.63) is 102 Å². The average molecular weight is 351 g/mol. The lowest BCUT2D eigenvalue weighted by Crippen LogP contribution is -2.40. The van der Waals surface area contributed by atoms with Crippen LogP contribution in [0.5, 0.6) is 0 Å². The third-order valence-electron chi connectivity index (χ3n) is 6.34. The van der Waals surface area contributed by atoms with E-state index in [9.17, 15) is 0 Å². The second-order valence-electron chi connectivity index (χ2n) is 7.84. The van der Waals surface area contributed by atoms with Gasteiger partial charge >= 0.3 is 0 Å². The molecule has 5 rings (SSSR count). The van der Waals surface area contributed by atoms with Gasteiger partial charge in [0.1, 0.15) is 0 Å². The normalized spacial score (nSPS) is 24.1. The molecule has 1 heteroatoms. The van der Waals surface area contributed by atoms with Crippen molar-refractivity contribution in [2.24, 2.45) is 5.92 Å². The molecule has 1 fully saturated rings. The summed E-state index contributed by atoms with van der Waals surface area (Å²) in [4.78, 5) is 0. The number of benzene rings is 3. The van der Waals surface area contributed by atoms with Gasteiger partial charge in [0.15, 0.2) is 0 Å². The fourth-order valence-electron chi connectivity index (χ4n) is 5.25. The van der Waals surface area contributed by atoms with Gasteiger partial charge in [0.25, 0.3) is 0 Å². The Morgan fingerprint density at radius 1 is 0.704 bits per heavy atom. The molecule has 1 nitrogen and oxygen atoms in total. The Morgan fingerprint density at radius 2 is 1.30 bits per heavy atom. The second kappa shape index (κ2) is 6.74. The molecule has 134 valence electrons. The van der Waals surface area contributed by atoms with Crippen LogP contribution in [0.15, 0.2) is 91.0 Å². The van der Waals surface area contributed by atoms with Crippen LogP contribution in [0.25, 0.3) is 11.1 Å². The van der Waals surface area contributed by atoms with Gasteiger partial charge in [0.2, 0.25) is 0 Å². The Bertz CT molecular complexity index is 943. The van der Waals surface area contributed by atoms with Gasteiger partial charge in [-0.15, -0.1) is 0 Å². The maximum absolute atomic E-state index is 4.01. The maximum Gasteiger partial charge on any atom is 0.0665 e. The second-order valence-corrected chi connectivity index (χ2v) is 7.84. The third kappa shape index (κ3) is 2.78. The van der Waals surface area contributed by atoms with Crippen molar-refractivity contribution in [2.45, 2.75) is 31.2 Å². The van der Waals surface area contributed by atoms with Crippen LogP contribution >= 0.6 is 0 Å². The molecule has 0 heterocycles. The van der Waals surface area contributed by atoms with E-state index < -0.39 is 0 Å². The lowest BCUT2D eigenvalue weighted by atomic mass is 9.81. The first-order valence-electron chi connectivity index (χ1n) is 10.0. The summed E-state index contributed by atoms with van der Waals surface area (Å²) < 4.78 is 0. The van der Waals surface area contributed by atoms with Crippen LogP contribution in [-0.4, -0.2) is 5.54 Å². The Hall–Kier alpha value is -2.80. The van der Waals surface area contributed by atoms with Gasteiger partial charge in [0.05, 0.1) is 5.54 Å². The van der Waals surface area contributed by atoms with E-state index in [1.165, 1.54) is 47.2 Å². The summed E-state index contributed by atoms with van der Waals surface area (Å²) in [6, 6.07) is 32.8. The first-order chi connectivity index (χ1) is 13.4.